The van der Waals surface area contributed by atoms with Gasteiger partial charge in [-0.2, -0.15) is 26.3 Å². The van der Waals surface area contributed by atoms with Crippen LogP contribution in [-0.4, -0.2) is 25.6 Å². The van der Waals surface area contributed by atoms with Gasteiger partial charge in [-0.05, 0) is 73.2 Å². The smallest absolute Gasteiger partial charge is 0.416 e. The van der Waals surface area contributed by atoms with Crippen molar-refractivity contribution in [1.82, 2.24) is 0 Å². The fraction of sp³-hybridized carbons (Fsp3) is 0.214. The summed E-state index contributed by atoms with van der Waals surface area (Å²) in [5, 5.41) is 2.73. The molecule has 210 valence electrons. The number of carbonyl (C=O) groups is 2. The second-order valence-corrected chi connectivity index (χ2v) is 8.61. The zero-order valence-corrected chi connectivity index (χ0v) is 21.1. The predicted octanol–water partition coefficient (Wildman–Crippen LogP) is 6.75. The highest BCUT2D eigenvalue weighted by Crippen LogP contribution is 2.43. The molecule has 1 unspecified atom stereocenters. The van der Waals surface area contributed by atoms with Crippen molar-refractivity contribution in [3.63, 3.8) is 0 Å². The fourth-order valence-electron chi connectivity index (χ4n) is 4.25. The number of nitrogens with one attached hydrogen (secondary N) is 1. The zero-order valence-electron chi connectivity index (χ0n) is 21.1. The Kier molecular flexibility index (Phi) is 7.81. The lowest BCUT2D eigenvalue weighted by Crippen LogP contribution is -2.32. The maximum atomic E-state index is 13.8. The van der Waals surface area contributed by atoms with Crippen LogP contribution >= 0.6 is 0 Å². The van der Waals surface area contributed by atoms with Gasteiger partial charge >= 0.3 is 18.3 Å². The minimum atomic E-state index is -4.62. The largest absolute Gasteiger partial charge is 0.497 e. The van der Waals surface area contributed by atoms with Crippen LogP contribution in [0, 0.1) is 0 Å². The van der Waals surface area contributed by atoms with E-state index in [1.165, 1.54) is 7.11 Å². The average molecular weight is 564 g/mol. The summed E-state index contributed by atoms with van der Waals surface area (Å²) >= 11 is 0. The molecule has 0 bridgehead atoms. The number of carbonyl (C=O) groups excluding carboxylic acids is 2. The van der Waals surface area contributed by atoms with Crippen molar-refractivity contribution < 1.29 is 45.4 Å². The molecule has 0 spiro atoms. The number of rotatable bonds is 7. The molecule has 1 heterocycles. The van der Waals surface area contributed by atoms with E-state index in [-0.39, 0.29) is 29.3 Å². The van der Waals surface area contributed by atoms with E-state index >= 15 is 0 Å². The second kappa shape index (κ2) is 10.9. The number of hydrogen-bond donors (Lipinski definition) is 1. The number of hydrogen-bond acceptors (Lipinski definition) is 5. The Bertz CT molecular complexity index is 1430. The van der Waals surface area contributed by atoms with Crippen LogP contribution in [0.4, 0.5) is 37.7 Å². The van der Waals surface area contributed by atoms with Gasteiger partial charge in [-0.1, -0.05) is 12.1 Å². The quantitative estimate of drug-likeness (QED) is 0.254. The highest BCUT2D eigenvalue weighted by Gasteiger charge is 2.45. The number of nitrogens with zero attached hydrogens (tertiary/aromatic N) is 1. The van der Waals surface area contributed by atoms with Gasteiger partial charge < -0.3 is 14.8 Å². The molecular formula is C28H22F6N2O4. The van der Waals surface area contributed by atoms with Crippen LogP contribution in [0.3, 0.4) is 0 Å². The van der Waals surface area contributed by atoms with E-state index < -0.39 is 41.4 Å². The van der Waals surface area contributed by atoms with Gasteiger partial charge in [0.2, 0.25) is 0 Å². The lowest BCUT2D eigenvalue weighted by atomic mass is 9.98. The third-order valence-electron chi connectivity index (χ3n) is 6.09. The molecule has 3 aromatic rings. The Morgan fingerprint density at radius 1 is 0.900 bits per heavy atom. The van der Waals surface area contributed by atoms with E-state index in [0.717, 1.165) is 53.4 Å². The molecule has 1 aliphatic heterocycles. The molecule has 0 saturated carbocycles. The first-order valence-corrected chi connectivity index (χ1v) is 11.9. The summed E-state index contributed by atoms with van der Waals surface area (Å²) in [4.78, 5) is 28.2. The number of ether oxygens (including phenoxy) is 2. The van der Waals surface area contributed by atoms with Gasteiger partial charge in [0.1, 0.15) is 11.4 Å². The maximum Gasteiger partial charge on any atom is 0.416 e. The number of amides is 1. The van der Waals surface area contributed by atoms with Crippen molar-refractivity contribution in [1.29, 1.82) is 0 Å². The molecule has 40 heavy (non-hydrogen) atoms. The zero-order chi connectivity index (χ0) is 29.2. The Hall–Kier alpha value is -4.48. The molecule has 0 aromatic heterocycles. The van der Waals surface area contributed by atoms with E-state index in [0.29, 0.717) is 11.3 Å². The van der Waals surface area contributed by atoms with E-state index in [2.05, 4.69) is 5.32 Å². The third kappa shape index (κ3) is 5.75. The number of methoxy groups -OCH3 is 1. The Labute approximate surface area is 224 Å². The van der Waals surface area contributed by atoms with E-state index in [9.17, 15) is 35.9 Å². The lowest BCUT2D eigenvalue weighted by molar-refractivity contribution is -0.139. The molecule has 1 amide bonds. The van der Waals surface area contributed by atoms with Crippen LogP contribution < -0.4 is 15.0 Å². The van der Waals surface area contributed by atoms with Gasteiger partial charge in [0.05, 0.1) is 36.5 Å². The Morgan fingerprint density at radius 2 is 1.48 bits per heavy atom. The molecule has 1 aliphatic rings. The topological polar surface area (TPSA) is 67.9 Å². The predicted molar refractivity (Wildman–Crippen MR) is 133 cm³/mol. The van der Waals surface area contributed by atoms with Crippen LogP contribution in [0.2, 0.25) is 0 Å². The van der Waals surface area contributed by atoms with Crippen LogP contribution in [0.15, 0.2) is 84.1 Å². The fourth-order valence-corrected chi connectivity index (χ4v) is 4.25. The molecule has 1 N–H and O–H groups in total. The Morgan fingerprint density at radius 3 is 2.00 bits per heavy atom. The third-order valence-corrected chi connectivity index (χ3v) is 6.09. The van der Waals surface area contributed by atoms with Crippen LogP contribution in [0.5, 0.6) is 5.75 Å². The number of halogens is 6. The first-order valence-electron chi connectivity index (χ1n) is 11.9. The van der Waals surface area contributed by atoms with E-state index in [1.807, 2.05) is 0 Å². The number of benzene rings is 3. The highest BCUT2D eigenvalue weighted by molar-refractivity contribution is 6.18. The molecule has 4 rings (SSSR count). The van der Waals surface area contributed by atoms with Gasteiger partial charge in [-0.3, -0.25) is 9.69 Å². The average Bonchev–Trinajstić information content (AvgIpc) is 3.20. The van der Waals surface area contributed by atoms with Gasteiger partial charge in [0.25, 0.3) is 5.91 Å². The molecule has 12 heteroatoms. The van der Waals surface area contributed by atoms with Crippen LogP contribution in [0.25, 0.3) is 0 Å². The molecule has 0 radical (unpaired) electrons. The SMILES string of the molecule is CCOC(=O)C1=C(Nc2ccc(C(F)(F)F)cc2)C(=O)N(c2ccc(C(F)(F)F)cc2)C1c1cccc(OC)c1. The Balaban J connectivity index is 1.87. The van der Waals surface area contributed by atoms with Gasteiger partial charge in [0, 0.05) is 11.4 Å². The first-order chi connectivity index (χ1) is 18.8. The molecule has 3 aromatic carbocycles. The van der Waals surface area contributed by atoms with Crippen molar-refractivity contribution in [3.05, 3.63) is 101 Å². The summed E-state index contributed by atoms with van der Waals surface area (Å²) in [6.45, 7) is 1.49. The van der Waals surface area contributed by atoms with E-state index in [1.54, 1.807) is 31.2 Å². The maximum absolute atomic E-state index is 13.8. The summed E-state index contributed by atoms with van der Waals surface area (Å²) in [6.07, 6.45) is -9.21. The normalized spacial score (nSPS) is 15.8. The lowest BCUT2D eigenvalue weighted by Gasteiger charge is -2.27. The van der Waals surface area contributed by atoms with Crippen molar-refractivity contribution in [2.75, 3.05) is 23.9 Å². The minimum absolute atomic E-state index is 0.0387. The summed E-state index contributed by atoms with van der Waals surface area (Å²) in [5.74, 6) is -1.33. The van der Waals surface area contributed by atoms with Crippen molar-refractivity contribution >= 4 is 23.3 Å². The van der Waals surface area contributed by atoms with E-state index in [4.69, 9.17) is 9.47 Å². The molecule has 6 nitrogen and oxygen atoms in total. The minimum Gasteiger partial charge on any atom is -0.497 e. The number of esters is 1. The van der Waals surface area contributed by atoms with Gasteiger partial charge in [-0.15, -0.1) is 0 Å². The summed E-state index contributed by atoms with van der Waals surface area (Å²) < 4.78 is 89.3. The molecule has 1 atom stereocenters. The second-order valence-electron chi connectivity index (χ2n) is 8.61. The first kappa shape index (κ1) is 28.5. The molecule has 0 saturated heterocycles. The van der Waals surface area contributed by atoms with Crippen molar-refractivity contribution in [2.24, 2.45) is 0 Å². The summed E-state index contributed by atoms with van der Waals surface area (Å²) in [6, 6.07) is 12.8. The van der Waals surface area contributed by atoms with Gasteiger partial charge in [0.15, 0.2) is 0 Å². The standard InChI is InChI=1S/C28H22F6N2O4/c1-3-40-26(38)22-23(35-19-11-7-17(8-12-19)27(29,30)31)25(37)36(20-13-9-18(10-14-20)28(32,33)34)24(22)16-5-4-6-21(15-16)39-2/h4-15,24,35H,3H2,1-2H3. The van der Waals surface area contributed by atoms with Crippen molar-refractivity contribution in [2.45, 2.75) is 25.3 Å². The van der Waals surface area contributed by atoms with Gasteiger partial charge in [-0.25, -0.2) is 4.79 Å². The monoisotopic (exact) mass is 564 g/mol. The van der Waals surface area contributed by atoms with Crippen LogP contribution in [0.1, 0.15) is 29.7 Å². The molecule has 0 fully saturated rings. The molecular weight excluding hydrogens is 542 g/mol. The van der Waals surface area contributed by atoms with Crippen molar-refractivity contribution in [3.8, 4) is 5.75 Å². The highest BCUT2D eigenvalue weighted by atomic mass is 19.4. The summed E-state index contributed by atoms with van der Waals surface area (Å²) in [7, 11) is 1.41. The molecule has 0 aliphatic carbocycles. The summed E-state index contributed by atoms with van der Waals surface area (Å²) in [5.41, 5.74) is -1.86. The number of anilines is 2. The number of alkyl halides is 6. The van der Waals surface area contributed by atoms with Crippen LogP contribution in [-0.2, 0) is 26.7 Å².